The summed E-state index contributed by atoms with van der Waals surface area (Å²) in [4.78, 5) is 7.12. The molecule has 1 unspecified atom stereocenters. The molecule has 2 aliphatic rings. The molecule has 2 aromatic carbocycles. The Balaban J connectivity index is 0.00000320. The van der Waals surface area contributed by atoms with Gasteiger partial charge in [-0.1, -0.05) is 24.7 Å². The number of aromatic nitrogens is 1. The van der Waals surface area contributed by atoms with Gasteiger partial charge in [-0.05, 0) is 50.1 Å². The van der Waals surface area contributed by atoms with Gasteiger partial charge in [-0.15, -0.1) is 6.17 Å². The number of nitrogens with one attached hydrogen (secondary N) is 2. The molecule has 3 aromatic rings. The summed E-state index contributed by atoms with van der Waals surface area (Å²) in [6, 6.07) is 9.19. The summed E-state index contributed by atoms with van der Waals surface area (Å²) in [5.74, 6) is -1.44. The van der Waals surface area contributed by atoms with Crippen molar-refractivity contribution in [3.63, 3.8) is 0 Å². The molecule has 1 aromatic heterocycles. The Kier molecular flexibility index (Phi) is 8.86. The van der Waals surface area contributed by atoms with Crippen LogP contribution in [-0.4, -0.2) is 71.4 Å². The molecule has 0 aliphatic carbocycles. The third-order valence-electron chi connectivity index (χ3n) is 7.33. The Morgan fingerprint density at radius 2 is 1.86 bits per heavy atom. The van der Waals surface area contributed by atoms with Crippen LogP contribution >= 0.6 is 0 Å². The van der Waals surface area contributed by atoms with Crippen LogP contribution in [-0.2, 0) is 23.5 Å². The topological polar surface area (TPSA) is 54.5 Å². The van der Waals surface area contributed by atoms with Gasteiger partial charge in [0.25, 0.3) is 0 Å². The fraction of sp³-hybridized carbons (Fsp3) is 0.444. The molecular formula is C27H31F4FeN4O-. The third kappa shape index (κ3) is 5.54. The molecule has 3 N–H and O–H groups in total. The average Bonchev–Trinajstić information content (AvgIpc) is 3.19. The van der Waals surface area contributed by atoms with Crippen LogP contribution in [0, 0.1) is 17.8 Å². The molecule has 5 nitrogen and oxygen atoms in total. The first-order valence-electron chi connectivity index (χ1n) is 12.4. The van der Waals surface area contributed by atoms with Crippen LogP contribution in [0.1, 0.15) is 36.2 Å². The molecule has 2 aliphatic heterocycles. The number of rotatable bonds is 9. The number of H-pyrrole nitrogens is 1. The molecule has 10 heteroatoms. The van der Waals surface area contributed by atoms with E-state index in [1.165, 1.54) is 12.1 Å². The molecular weight excluding hydrogens is 528 g/mol. The maximum Gasteiger partial charge on any atom is 0.133 e. The Bertz CT molecular complexity index is 1200. The number of hydrogen-bond acceptors (Lipinski definition) is 4. The van der Waals surface area contributed by atoms with Crippen LogP contribution in [0.25, 0.3) is 10.9 Å². The van der Waals surface area contributed by atoms with E-state index < -0.39 is 30.5 Å². The number of halogens is 4. The molecule has 37 heavy (non-hydrogen) atoms. The predicted molar refractivity (Wildman–Crippen MR) is 132 cm³/mol. The van der Waals surface area contributed by atoms with E-state index in [0.29, 0.717) is 43.9 Å². The number of anilines is 1. The fourth-order valence-electron chi connectivity index (χ4n) is 5.60. The van der Waals surface area contributed by atoms with E-state index in [2.05, 4.69) is 15.2 Å². The maximum atomic E-state index is 15.7. The number of para-hydroxylation sites is 1. The van der Waals surface area contributed by atoms with Crippen LogP contribution in [0.5, 0.6) is 0 Å². The van der Waals surface area contributed by atoms with Crippen LogP contribution < -0.4 is 5.32 Å². The van der Waals surface area contributed by atoms with Gasteiger partial charge in [-0.2, -0.15) is 0 Å². The predicted octanol–water partition coefficient (Wildman–Crippen LogP) is 4.73. The summed E-state index contributed by atoms with van der Waals surface area (Å²) in [5.41, 5.74) is 2.65. The second-order valence-electron chi connectivity index (χ2n) is 9.86. The Morgan fingerprint density at radius 1 is 1.16 bits per heavy atom. The Hall–Kier alpha value is -2.10. The van der Waals surface area contributed by atoms with E-state index in [-0.39, 0.29) is 47.9 Å². The monoisotopic (exact) mass is 559 g/mol. The van der Waals surface area contributed by atoms with Gasteiger partial charge >= 0.3 is 0 Å². The molecule has 202 valence electrons. The zero-order valence-corrected chi connectivity index (χ0v) is 21.7. The van der Waals surface area contributed by atoms with Crippen molar-refractivity contribution >= 4 is 16.6 Å². The van der Waals surface area contributed by atoms with E-state index in [1.54, 1.807) is 4.90 Å². The summed E-state index contributed by atoms with van der Waals surface area (Å²) in [5, 5.41) is 13.5. The van der Waals surface area contributed by atoms with Crippen LogP contribution in [0.2, 0.25) is 0 Å². The van der Waals surface area contributed by atoms with Gasteiger partial charge < -0.3 is 24.7 Å². The van der Waals surface area contributed by atoms with Crippen LogP contribution in [0.3, 0.4) is 0 Å². The molecule has 5 rings (SSSR count). The van der Waals surface area contributed by atoms with Crippen molar-refractivity contribution in [3.05, 3.63) is 71.0 Å². The first-order chi connectivity index (χ1) is 17.4. The maximum absolute atomic E-state index is 15.7. The van der Waals surface area contributed by atoms with Crippen LogP contribution in [0.4, 0.5) is 23.2 Å². The van der Waals surface area contributed by atoms with E-state index in [4.69, 9.17) is 0 Å². The molecule has 0 spiro atoms. The number of alkyl halides is 1. The number of likely N-dealkylation sites (tertiary alicyclic amines) is 1. The molecule has 0 radical (unpaired) electrons. The van der Waals surface area contributed by atoms with Gasteiger partial charge in [-0.25, -0.2) is 8.78 Å². The summed E-state index contributed by atoms with van der Waals surface area (Å²) >= 11 is 0. The van der Waals surface area contributed by atoms with Gasteiger partial charge in [0, 0.05) is 70.6 Å². The smallest absolute Gasteiger partial charge is 0.133 e. The van der Waals surface area contributed by atoms with Crippen molar-refractivity contribution in [1.82, 2.24) is 14.8 Å². The second-order valence-corrected chi connectivity index (χ2v) is 9.86. The van der Waals surface area contributed by atoms with Crippen molar-refractivity contribution < 1.29 is 39.7 Å². The van der Waals surface area contributed by atoms with Gasteiger partial charge in [0.1, 0.15) is 11.6 Å². The van der Waals surface area contributed by atoms with E-state index >= 15 is 8.78 Å². The third-order valence-corrected chi connectivity index (χ3v) is 7.33. The number of aromatic amines is 1. The number of aliphatic hydroxyl groups excluding tert-OH is 1. The fourth-order valence-corrected chi connectivity index (χ4v) is 5.60. The number of fused-ring (bicyclic) bond motifs is 3. The van der Waals surface area contributed by atoms with Gasteiger partial charge in [0.15, 0.2) is 0 Å². The minimum Gasteiger partial charge on any atom is -0.453 e. The molecule has 2 atom stereocenters. The van der Waals surface area contributed by atoms with Crippen molar-refractivity contribution in [1.29, 1.82) is 0 Å². The van der Waals surface area contributed by atoms with Crippen molar-refractivity contribution in [2.75, 3.05) is 44.8 Å². The standard InChI is InChI=1S/C27H31F4N4O.Fe/c1-16-9-21-20-5-2-3-6-24(20)33-26(21)27(35(16)12-17(29)15-36)25-22(30)10-18(11-23(25)31)32-19-13-34(14-19)8-4-7-28;/h2-3,5-6,10-11,16,19,27,32-33,36H,4,7-9,12-15H2,1H3;/q-1;/t16?,27-;/m1./s1. The van der Waals surface area contributed by atoms with Crippen molar-refractivity contribution in [2.24, 2.45) is 0 Å². The zero-order valence-electron chi connectivity index (χ0n) is 20.6. The number of hydrogen-bond donors (Lipinski definition) is 3. The number of benzene rings is 2. The number of aliphatic hydroxyl groups is 1. The first-order valence-corrected chi connectivity index (χ1v) is 12.4. The second kappa shape index (κ2) is 11.7. The zero-order chi connectivity index (χ0) is 25.4. The molecule has 1 saturated heterocycles. The van der Waals surface area contributed by atoms with Gasteiger partial charge in [-0.3, -0.25) is 9.29 Å². The van der Waals surface area contributed by atoms with Crippen LogP contribution in [0.15, 0.2) is 36.4 Å². The van der Waals surface area contributed by atoms with E-state index in [1.807, 2.05) is 31.2 Å². The van der Waals surface area contributed by atoms with Gasteiger partial charge in [0.05, 0.1) is 18.8 Å². The quantitative estimate of drug-likeness (QED) is 0.202. The van der Waals surface area contributed by atoms with Crippen molar-refractivity contribution in [2.45, 2.75) is 37.9 Å². The molecule has 0 amide bonds. The Labute approximate surface area is 224 Å². The van der Waals surface area contributed by atoms with Crippen molar-refractivity contribution in [3.8, 4) is 0 Å². The SMILES string of the molecule is CC1Cc2c([nH]c3ccccc23)[C@@H](c2c(F)cc(NC3CN(CCCF)C3)cc2F)N1C[C-](F)CO.[Fe]. The molecule has 3 heterocycles. The van der Waals surface area contributed by atoms with E-state index in [0.717, 1.165) is 16.5 Å². The average molecular weight is 559 g/mol. The summed E-state index contributed by atoms with van der Waals surface area (Å²) in [6.45, 7) is 2.61. The normalized spacial score (nSPS) is 20.6. The summed E-state index contributed by atoms with van der Waals surface area (Å²) in [6.07, 6.45) is 0.399. The molecule has 1 fully saturated rings. The Morgan fingerprint density at radius 3 is 2.54 bits per heavy atom. The largest absolute Gasteiger partial charge is 0.453 e. The van der Waals surface area contributed by atoms with Gasteiger partial charge in [0.2, 0.25) is 0 Å². The molecule has 0 saturated carbocycles. The minimum atomic E-state index is -0.887. The summed E-state index contributed by atoms with van der Waals surface area (Å²) < 4.78 is 58.0. The summed E-state index contributed by atoms with van der Waals surface area (Å²) in [7, 11) is 0. The first kappa shape index (κ1) is 27.9. The molecule has 0 bridgehead atoms. The minimum absolute atomic E-state index is 0. The number of nitrogens with zero attached hydrogens (tertiary/aromatic N) is 2. The van der Waals surface area contributed by atoms with E-state index in [9.17, 15) is 13.9 Å².